The van der Waals surface area contributed by atoms with Gasteiger partial charge in [0.2, 0.25) is 0 Å². The van der Waals surface area contributed by atoms with Gasteiger partial charge in [0.15, 0.2) is 0 Å². The lowest BCUT2D eigenvalue weighted by molar-refractivity contribution is 0.414. The summed E-state index contributed by atoms with van der Waals surface area (Å²) in [6, 6.07) is 16.5. The normalized spacial score (nSPS) is 12.1. The zero-order valence-electron chi connectivity index (χ0n) is 12.6. The lowest BCUT2D eigenvalue weighted by Crippen LogP contribution is -2.24. The molecule has 112 valence electrons. The molecule has 0 aliphatic rings. The third-order valence-corrected chi connectivity index (χ3v) is 3.86. The monoisotopic (exact) mass is 303 g/mol. The molecule has 0 spiro atoms. The van der Waals surface area contributed by atoms with Crippen molar-refractivity contribution in [3.05, 3.63) is 64.7 Å². The first-order chi connectivity index (χ1) is 10.2. The van der Waals surface area contributed by atoms with Crippen molar-refractivity contribution >= 4 is 11.6 Å². The molecule has 2 nitrogen and oxygen atoms in total. The Kier molecular flexibility index (Phi) is 6.09. The number of hydrogen-bond acceptors (Lipinski definition) is 2. The Morgan fingerprint density at radius 2 is 1.81 bits per heavy atom. The Labute approximate surface area is 132 Å². The van der Waals surface area contributed by atoms with Crippen LogP contribution in [0.3, 0.4) is 0 Å². The topological polar surface area (TPSA) is 21.3 Å². The van der Waals surface area contributed by atoms with E-state index in [1.165, 1.54) is 5.56 Å². The fourth-order valence-corrected chi connectivity index (χ4v) is 2.63. The molecule has 0 aliphatic heterocycles. The van der Waals surface area contributed by atoms with E-state index in [0.29, 0.717) is 0 Å². The summed E-state index contributed by atoms with van der Waals surface area (Å²) in [5, 5.41) is 4.41. The van der Waals surface area contributed by atoms with Crippen LogP contribution < -0.4 is 10.1 Å². The quantitative estimate of drug-likeness (QED) is 0.805. The van der Waals surface area contributed by atoms with Crippen LogP contribution in [0.5, 0.6) is 5.75 Å². The predicted molar refractivity (Wildman–Crippen MR) is 89.2 cm³/mol. The molecule has 0 saturated carbocycles. The van der Waals surface area contributed by atoms with Crippen molar-refractivity contribution in [1.82, 2.24) is 5.32 Å². The van der Waals surface area contributed by atoms with Gasteiger partial charge >= 0.3 is 0 Å². The molecular formula is C18H22ClNO. The number of hydrogen-bond donors (Lipinski definition) is 1. The lowest BCUT2D eigenvalue weighted by atomic mass is 9.98. The molecule has 0 fully saturated rings. The number of benzene rings is 2. The molecule has 2 rings (SSSR count). The molecule has 0 saturated heterocycles. The van der Waals surface area contributed by atoms with Gasteiger partial charge in [0.05, 0.1) is 7.11 Å². The maximum Gasteiger partial charge on any atom is 0.118 e. The van der Waals surface area contributed by atoms with E-state index in [4.69, 9.17) is 16.3 Å². The summed E-state index contributed by atoms with van der Waals surface area (Å²) < 4.78 is 5.21. The number of methoxy groups -OCH3 is 1. The summed E-state index contributed by atoms with van der Waals surface area (Å²) in [5.74, 6) is 0.884. The van der Waals surface area contributed by atoms with Gasteiger partial charge in [-0.05, 0) is 48.7 Å². The van der Waals surface area contributed by atoms with Crippen molar-refractivity contribution in [3.8, 4) is 5.75 Å². The van der Waals surface area contributed by atoms with Gasteiger partial charge in [-0.2, -0.15) is 0 Å². The molecule has 0 aromatic heterocycles. The summed E-state index contributed by atoms with van der Waals surface area (Å²) in [4.78, 5) is 0. The molecule has 1 unspecified atom stereocenters. The van der Waals surface area contributed by atoms with E-state index in [9.17, 15) is 0 Å². The van der Waals surface area contributed by atoms with Crippen LogP contribution in [-0.2, 0) is 6.42 Å². The van der Waals surface area contributed by atoms with Crippen LogP contribution >= 0.6 is 11.6 Å². The van der Waals surface area contributed by atoms with E-state index in [1.54, 1.807) is 7.11 Å². The summed E-state index contributed by atoms with van der Waals surface area (Å²) in [7, 11) is 1.68. The van der Waals surface area contributed by atoms with E-state index in [0.717, 1.165) is 35.7 Å². The van der Waals surface area contributed by atoms with E-state index in [1.807, 2.05) is 30.3 Å². The van der Waals surface area contributed by atoms with Gasteiger partial charge in [0.1, 0.15) is 5.75 Å². The van der Waals surface area contributed by atoms with Gasteiger partial charge in [-0.1, -0.05) is 48.9 Å². The highest BCUT2D eigenvalue weighted by Gasteiger charge is 2.14. The highest BCUT2D eigenvalue weighted by Crippen LogP contribution is 2.26. The Balaban J connectivity index is 2.17. The van der Waals surface area contributed by atoms with E-state index in [2.05, 4.69) is 30.4 Å². The van der Waals surface area contributed by atoms with Crippen LogP contribution in [0.1, 0.15) is 30.5 Å². The molecule has 1 atom stereocenters. The van der Waals surface area contributed by atoms with Gasteiger partial charge in [-0.3, -0.25) is 0 Å². The molecule has 1 N–H and O–H groups in total. The van der Waals surface area contributed by atoms with Crippen LogP contribution in [-0.4, -0.2) is 13.7 Å². The lowest BCUT2D eigenvalue weighted by Gasteiger charge is -2.20. The van der Waals surface area contributed by atoms with Crippen LogP contribution in [0.2, 0.25) is 5.02 Å². The third-order valence-electron chi connectivity index (χ3n) is 3.52. The zero-order valence-corrected chi connectivity index (χ0v) is 13.4. The number of nitrogens with one attached hydrogen (secondary N) is 1. The zero-order chi connectivity index (χ0) is 15.1. The van der Waals surface area contributed by atoms with E-state index >= 15 is 0 Å². The average Bonchev–Trinajstić information content (AvgIpc) is 2.53. The van der Waals surface area contributed by atoms with Crippen molar-refractivity contribution in [1.29, 1.82) is 0 Å². The molecular weight excluding hydrogens is 282 g/mol. The fraction of sp³-hybridized carbons (Fsp3) is 0.333. The minimum Gasteiger partial charge on any atom is -0.497 e. The minimum atomic E-state index is 0.229. The van der Waals surface area contributed by atoms with E-state index in [-0.39, 0.29) is 6.04 Å². The van der Waals surface area contributed by atoms with Crippen molar-refractivity contribution in [2.45, 2.75) is 25.8 Å². The van der Waals surface area contributed by atoms with Gasteiger partial charge in [-0.25, -0.2) is 0 Å². The third kappa shape index (κ3) is 4.48. The maximum absolute atomic E-state index is 6.35. The summed E-state index contributed by atoms with van der Waals surface area (Å²) in [6.45, 7) is 3.15. The first-order valence-electron chi connectivity index (χ1n) is 7.35. The molecule has 0 aliphatic carbocycles. The average molecular weight is 304 g/mol. The molecule has 0 amide bonds. The van der Waals surface area contributed by atoms with Crippen molar-refractivity contribution < 1.29 is 4.74 Å². The minimum absolute atomic E-state index is 0.229. The van der Waals surface area contributed by atoms with Gasteiger partial charge in [0, 0.05) is 11.1 Å². The van der Waals surface area contributed by atoms with Crippen molar-refractivity contribution in [2.75, 3.05) is 13.7 Å². The Hall–Kier alpha value is -1.51. The fourth-order valence-electron chi connectivity index (χ4n) is 2.37. The summed E-state index contributed by atoms with van der Waals surface area (Å²) >= 11 is 6.35. The number of ether oxygens (including phenoxy) is 1. The van der Waals surface area contributed by atoms with Gasteiger partial charge in [0.25, 0.3) is 0 Å². The second-order valence-corrected chi connectivity index (χ2v) is 5.49. The SMILES string of the molecule is CCCNC(Cc1ccc(OC)cc1)c1ccccc1Cl. The van der Waals surface area contributed by atoms with E-state index < -0.39 is 0 Å². The van der Waals surface area contributed by atoms with Crippen molar-refractivity contribution in [3.63, 3.8) is 0 Å². The summed E-state index contributed by atoms with van der Waals surface area (Å²) in [5.41, 5.74) is 2.42. The predicted octanol–water partition coefficient (Wildman–Crippen LogP) is 4.63. The van der Waals surface area contributed by atoms with Crippen LogP contribution in [0.15, 0.2) is 48.5 Å². The Morgan fingerprint density at radius 1 is 1.10 bits per heavy atom. The second-order valence-electron chi connectivity index (χ2n) is 5.08. The van der Waals surface area contributed by atoms with Crippen LogP contribution in [0, 0.1) is 0 Å². The molecule has 0 radical (unpaired) electrons. The second kappa shape index (κ2) is 8.06. The largest absolute Gasteiger partial charge is 0.497 e. The first kappa shape index (κ1) is 15.9. The highest BCUT2D eigenvalue weighted by molar-refractivity contribution is 6.31. The number of rotatable bonds is 7. The van der Waals surface area contributed by atoms with Gasteiger partial charge in [-0.15, -0.1) is 0 Å². The maximum atomic E-state index is 6.35. The molecule has 2 aromatic carbocycles. The summed E-state index contributed by atoms with van der Waals surface area (Å²) in [6.07, 6.45) is 2.01. The first-order valence-corrected chi connectivity index (χ1v) is 7.73. The molecule has 2 aromatic rings. The Bertz CT molecular complexity index is 553. The molecule has 3 heteroatoms. The molecule has 0 bridgehead atoms. The molecule has 21 heavy (non-hydrogen) atoms. The van der Waals surface area contributed by atoms with Gasteiger partial charge < -0.3 is 10.1 Å². The molecule has 0 heterocycles. The standard InChI is InChI=1S/C18H22ClNO/c1-3-12-20-18(16-6-4-5-7-17(16)19)13-14-8-10-15(21-2)11-9-14/h4-11,18,20H,3,12-13H2,1-2H3. The Morgan fingerprint density at radius 3 is 2.43 bits per heavy atom. The smallest absolute Gasteiger partial charge is 0.118 e. The van der Waals surface area contributed by atoms with Crippen LogP contribution in [0.4, 0.5) is 0 Å². The van der Waals surface area contributed by atoms with Crippen LogP contribution in [0.25, 0.3) is 0 Å². The highest BCUT2D eigenvalue weighted by atomic mass is 35.5. The van der Waals surface area contributed by atoms with Crippen molar-refractivity contribution in [2.24, 2.45) is 0 Å². The number of halogens is 1.